The van der Waals surface area contributed by atoms with Crippen LogP contribution in [0.15, 0.2) is 4.99 Å². The van der Waals surface area contributed by atoms with Gasteiger partial charge in [0, 0.05) is 20.7 Å². The van der Waals surface area contributed by atoms with Crippen molar-refractivity contribution in [3.05, 3.63) is 0 Å². The summed E-state index contributed by atoms with van der Waals surface area (Å²) in [6, 6.07) is -0.857. The van der Waals surface area contributed by atoms with Gasteiger partial charge in [0.1, 0.15) is 13.1 Å². The number of amidine groups is 2. The number of likely N-dealkylation sites (tertiary alicyclic amines) is 1. The van der Waals surface area contributed by atoms with Crippen molar-refractivity contribution in [1.82, 2.24) is 14.7 Å². The summed E-state index contributed by atoms with van der Waals surface area (Å²) in [6.07, 6.45) is 2.37. The zero-order chi connectivity index (χ0) is 18.8. The maximum Gasteiger partial charge on any atom is 0.333 e. The fourth-order valence-electron chi connectivity index (χ4n) is 3.76. The van der Waals surface area contributed by atoms with Gasteiger partial charge in [-0.15, -0.1) is 0 Å². The molecular formula is C18H30N5O3+. The van der Waals surface area contributed by atoms with Crippen LogP contribution in [0.4, 0.5) is 4.79 Å². The molecule has 1 unspecified atom stereocenters. The van der Waals surface area contributed by atoms with Gasteiger partial charge in [0.05, 0.1) is 6.61 Å². The Morgan fingerprint density at radius 3 is 2.54 bits per heavy atom. The fourth-order valence-corrected chi connectivity index (χ4v) is 3.76. The molecule has 3 rings (SSSR count). The molecule has 3 heterocycles. The van der Waals surface area contributed by atoms with Crippen molar-refractivity contribution in [3.63, 3.8) is 0 Å². The fraction of sp³-hybridized carbons (Fsp3) is 0.778. The molecule has 0 bridgehead atoms. The summed E-state index contributed by atoms with van der Waals surface area (Å²) >= 11 is 0. The van der Waals surface area contributed by atoms with Gasteiger partial charge in [-0.3, -0.25) is 19.5 Å². The maximum absolute atomic E-state index is 12.8. The lowest BCUT2D eigenvalue weighted by atomic mass is 9.99. The maximum atomic E-state index is 12.8. The van der Waals surface area contributed by atoms with Crippen LogP contribution in [0.3, 0.4) is 0 Å². The number of hydrogen-bond donors (Lipinski definition) is 0. The molecule has 0 radical (unpaired) electrons. The van der Waals surface area contributed by atoms with Gasteiger partial charge in [0.2, 0.25) is 0 Å². The van der Waals surface area contributed by atoms with Gasteiger partial charge in [0.25, 0.3) is 17.8 Å². The Labute approximate surface area is 155 Å². The third kappa shape index (κ3) is 3.53. The second kappa shape index (κ2) is 7.84. The van der Waals surface area contributed by atoms with Crippen molar-refractivity contribution in [3.8, 4) is 0 Å². The molecule has 0 aromatic carbocycles. The lowest BCUT2D eigenvalue weighted by Gasteiger charge is -2.31. The van der Waals surface area contributed by atoms with Crippen molar-refractivity contribution in [2.45, 2.75) is 32.7 Å². The number of rotatable bonds is 6. The van der Waals surface area contributed by atoms with E-state index in [9.17, 15) is 9.59 Å². The number of hydrogen-bond acceptors (Lipinski definition) is 5. The molecule has 3 aliphatic heterocycles. The molecule has 144 valence electrons. The summed E-state index contributed by atoms with van der Waals surface area (Å²) in [5, 5.41) is 0. The van der Waals surface area contributed by atoms with E-state index in [2.05, 4.69) is 11.8 Å². The second-order valence-electron chi connectivity index (χ2n) is 7.38. The summed E-state index contributed by atoms with van der Waals surface area (Å²) in [5.74, 6) is 1.95. The Kier molecular flexibility index (Phi) is 5.72. The summed E-state index contributed by atoms with van der Waals surface area (Å²) in [7, 11) is 3.21. The average Bonchev–Trinajstić information content (AvgIpc) is 2.99. The van der Waals surface area contributed by atoms with Crippen LogP contribution in [0.25, 0.3) is 0 Å². The second-order valence-corrected chi connectivity index (χ2v) is 7.38. The highest BCUT2D eigenvalue weighted by atomic mass is 16.5. The molecule has 2 saturated heterocycles. The van der Waals surface area contributed by atoms with Gasteiger partial charge in [0.15, 0.2) is 0 Å². The molecule has 3 amide bonds. The molecule has 2 fully saturated rings. The number of fused-ring (bicyclic) bond motifs is 1. The molecule has 0 N–H and O–H groups in total. The summed E-state index contributed by atoms with van der Waals surface area (Å²) in [5.41, 5.74) is 0. The third-order valence-electron chi connectivity index (χ3n) is 5.54. The number of urea groups is 1. The number of aliphatic imine (C=N–C) groups is 1. The van der Waals surface area contributed by atoms with E-state index in [0.717, 1.165) is 24.8 Å². The van der Waals surface area contributed by atoms with Gasteiger partial charge in [-0.05, 0) is 43.8 Å². The van der Waals surface area contributed by atoms with E-state index in [1.54, 1.807) is 7.05 Å². The monoisotopic (exact) mass is 364 g/mol. The number of carbonyl (C=O) groups excluding carboxylic acids is 2. The molecule has 0 spiro atoms. The van der Waals surface area contributed by atoms with Crippen LogP contribution in [0.5, 0.6) is 0 Å². The standard InChI is InChI=1S/C18H30N5O3/c1-5-26-11-10-23-14(12-22-8-6-13(2)7-9-22)19-16-15(23)17(24)21(4)18(25)20(16)3/h13,15H,5-12H2,1-4H3/q+1. The molecule has 26 heavy (non-hydrogen) atoms. The van der Waals surface area contributed by atoms with Crippen molar-refractivity contribution >= 4 is 23.6 Å². The Hall–Kier alpha value is -1.80. The van der Waals surface area contributed by atoms with E-state index < -0.39 is 6.04 Å². The Bertz CT molecular complexity index is 637. The minimum atomic E-state index is -0.526. The van der Waals surface area contributed by atoms with Gasteiger partial charge < -0.3 is 4.74 Å². The van der Waals surface area contributed by atoms with Crippen molar-refractivity contribution < 1.29 is 18.9 Å². The molecule has 8 heteroatoms. The van der Waals surface area contributed by atoms with E-state index >= 15 is 0 Å². The molecule has 8 nitrogen and oxygen atoms in total. The first kappa shape index (κ1) is 19.0. The molecule has 1 atom stereocenters. The molecule has 0 aromatic rings. The van der Waals surface area contributed by atoms with Crippen LogP contribution in [0, 0.1) is 5.92 Å². The first-order chi connectivity index (χ1) is 12.4. The normalized spacial score (nSPS) is 25.2. The van der Waals surface area contributed by atoms with E-state index in [0.29, 0.717) is 32.1 Å². The highest BCUT2D eigenvalue weighted by Crippen LogP contribution is 2.21. The van der Waals surface area contributed by atoms with Crippen LogP contribution in [0.2, 0.25) is 0 Å². The summed E-state index contributed by atoms with van der Waals surface area (Å²) in [4.78, 5) is 34.8. The van der Waals surface area contributed by atoms with Crippen LogP contribution in [-0.4, -0.2) is 102 Å². The minimum Gasteiger partial charge on any atom is -0.378 e. The molecule has 0 aromatic heterocycles. The third-order valence-corrected chi connectivity index (χ3v) is 5.54. The highest BCUT2D eigenvalue weighted by Gasteiger charge is 2.52. The van der Waals surface area contributed by atoms with Gasteiger partial charge in [-0.25, -0.2) is 9.37 Å². The van der Waals surface area contributed by atoms with E-state index in [1.807, 2.05) is 11.5 Å². The van der Waals surface area contributed by atoms with Crippen molar-refractivity contribution in [1.29, 1.82) is 0 Å². The predicted molar refractivity (Wildman–Crippen MR) is 98.6 cm³/mol. The lowest BCUT2D eigenvalue weighted by Crippen LogP contribution is -2.61. The SMILES string of the molecule is CCOCC[N+]1=C(CN2CCC(C)CC2)N=C2C1C(=O)N(C)C(=O)N2C. The number of imide groups is 1. The average molecular weight is 364 g/mol. The zero-order valence-corrected chi connectivity index (χ0v) is 16.3. The summed E-state index contributed by atoms with van der Waals surface area (Å²) < 4.78 is 7.53. The number of piperidine rings is 1. The van der Waals surface area contributed by atoms with Crippen LogP contribution in [-0.2, 0) is 9.53 Å². The van der Waals surface area contributed by atoms with Crippen molar-refractivity contribution in [2.75, 3.05) is 53.5 Å². The highest BCUT2D eigenvalue weighted by molar-refractivity contribution is 6.23. The molecule has 0 aliphatic carbocycles. The van der Waals surface area contributed by atoms with E-state index in [4.69, 9.17) is 9.73 Å². The predicted octanol–water partition coefficient (Wildman–Crippen LogP) is 0.470. The largest absolute Gasteiger partial charge is 0.378 e. The lowest BCUT2D eigenvalue weighted by molar-refractivity contribution is -0.539. The molecular weight excluding hydrogens is 334 g/mol. The first-order valence-electron chi connectivity index (χ1n) is 9.50. The Morgan fingerprint density at radius 2 is 1.88 bits per heavy atom. The van der Waals surface area contributed by atoms with Gasteiger partial charge in [-0.1, -0.05) is 6.92 Å². The van der Waals surface area contributed by atoms with Crippen LogP contribution < -0.4 is 0 Å². The Balaban J connectivity index is 1.85. The van der Waals surface area contributed by atoms with Crippen LogP contribution in [0.1, 0.15) is 26.7 Å². The first-order valence-corrected chi connectivity index (χ1v) is 9.50. The topological polar surface area (TPSA) is 68.5 Å². The molecule has 0 saturated carbocycles. The number of likely N-dealkylation sites (N-methyl/N-ethyl adjacent to an activating group) is 2. The van der Waals surface area contributed by atoms with Crippen LogP contribution >= 0.6 is 0 Å². The van der Waals surface area contributed by atoms with E-state index in [-0.39, 0.29) is 11.9 Å². The van der Waals surface area contributed by atoms with E-state index in [1.165, 1.54) is 29.7 Å². The smallest absolute Gasteiger partial charge is 0.333 e. The number of nitrogens with zero attached hydrogens (tertiary/aromatic N) is 5. The van der Waals surface area contributed by atoms with Crippen molar-refractivity contribution in [2.24, 2.45) is 10.9 Å². The number of amides is 3. The molecule has 3 aliphatic rings. The minimum absolute atomic E-state index is 0.217. The number of ether oxygens (including phenoxy) is 1. The van der Waals surface area contributed by atoms with Gasteiger partial charge >= 0.3 is 11.9 Å². The summed E-state index contributed by atoms with van der Waals surface area (Å²) in [6.45, 7) is 8.80. The zero-order valence-electron chi connectivity index (χ0n) is 16.3. The number of carbonyl (C=O) groups is 2. The quantitative estimate of drug-likeness (QED) is 0.508. The Morgan fingerprint density at radius 1 is 1.19 bits per heavy atom. The van der Waals surface area contributed by atoms with Gasteiger partial charge in [-0.2, -0.15) is 0 Å².